The van der Waals surface area contributed by atoms with Crippen LogP contribution in [0.3, 0.4) is 0 Å². The molecule has 0 saturated carbocycles. The Balaban J connectivity index is 2.11. The molecule has 0 atom stereocenters. The summed E-state index contributed by atoms with van der Waals surface area (Å²) in [6.07, 6.45) is 2.04. The van der Waals surface area contributed by atoms with E-state index in [4.69, 9.17) is 5.11 Å². The van der Waals surface area contributed by atoms with Gasteiger partial charge in [-0.25, -0.2) is 9.78 Å². The van der Waals surface area contributed by atoms with Gasteiger partial charge in [-0.05, 0) is 6.07 Å². The van der Waals surface area contributed by atoms with Crippen LogP contribution in [0.4, 0.5) is 11.4 Å². The third-order valence-electron chi connectivity index (χ3n) is 2.76. The lowest BCUT2D eigenvalue weighted by Gasteiger charge is -2.08. The van der Waals surface area contributed by atoms with Crippen molar-refractivity contribution < 1.29 is 14.8 Å². The average molecular weight is 291 g/mol. The van der Waals surface area contributed by atoms with Gasteiger partial charge in [0.25, 0.3) is 5.69 Å². The van der Waals surface area contributed by atoms with Gasteiger partial charge in [-0.2, -0.15) is 5.10 Å². The Morgan fingerprint density at radius 3 is 2.86 bits per heavy atom. The molecule has 9 nitrogen and oxygen atoms in total. The molecule has 0 radical (unpaired) electrons. The van der Waals surface area contributed by atoms with Crippen molar-refractivity contribution in [3.05, 3.63) is 46.0 Å². The van der Waals surface area contributed by atoms with E-state index in [0.29, 0.717) is 18.8 Å². The summed E-state index contributed by atoms with van der Waals surface area (Å²) in [5, 5.41) is 26.8. The molecule has 0 fully saturated rings. The first-order valence-electron chi connectivity index (χ1n) is 6.07. The fourth-order valence-corrected chi connectivity index (χ4v) is 1.79. The molecule has 1 aromatic carbocycles. The van der Waals surface area contributed by atoms with Crippen LogP contribution >= 0.6 is 0 Å². The van der Waals surface area contributed by atoms with Crippen molar-refractivity contribution in [1.29, 1.82) is 0 Å². The smallest absolute Gasteiger partial charge is 0.337 e. The molecule has 0 spiro atoms. The maximum absolute atomic E-state index is 11.1. The quantitative estimate of drug-likeness (QED) is 0.602. The minimum absolute atomic E-state index is 0.0189. The summed E-state index contributed by atoms with van der Waals surface area (Å²) in [7, 11) is 1.74. The average Bonchev–Trinajstić information content (AvgIpc) is 2.84. The molecule has 0 aliphatic carbocycles. The fourth-order valence-electron chi connectivity index (χ4n) is 1.79. The Labute approximate surface area is 119 Å². The molecule has 2 aromatic rings. The summed E-state index contributed by atoms with van der Waals surface area (Å²) >= 11 is 0. The molecule has 110 valence electrons. The molecule has 2 N–H and O–H groups in total. The number of carboxylic acids is 1. The van der Waals surface area contributed by atoms with Crippen molar-refractivity contribution in [3.8, 4) is 0 Å². The molecular weight excluding hydrogens is 278 g/mol. The second-order valence-corrected chi connectivity index (χ2v) is 4.30. The molecule has 1 heterocycles. The predicted molar refractivity (Wildman–Crippen MR) is 73.3 cm³/mol. The van der Waals surface area contributed by atoms with Crippen LogP contribution in [0.25, 0.3) is 0 Å². The highest BCUT2D eigenvalue weighted by Crippen LogP contribution is 2.22. The third kappa shape index (κ3) is 3.53. The highest BCUT2D eigenvalue weighted by Gasteiger charge is 2.15. The minimum Gasteiger partial charge on any atom is -0.478 e. The van der Waals surface area contributed by atoms with E-state index >= 15 is 0 Å². The first-order valence-corrected chi connectivity index (χ1v) is 6.07. The van der Waals surface area contributed by atoms with E-state index < -0.39 is 10.9 Å². The minimum atomic E-state index is -1.15. The SMILES string of the molecule is Cn1cnc(CCNc2cc([N+](=O)[O-])ccc2C(=O)O)n1. The van der Waals surface area contributed by atoms with Crippen LogP contribution < -0.4 is 5.32 Å². The van der Waals surface area contributed by atoms with Gasteiger partial charge >= 0.3 is 5.97 Å². The van der Waals surface area contributed by atoms with Crippen molar-refractivity contribution in [2.24, 2.45) is 7.05 Å². The molecular formula is C12H13N5O4. The number of nitro groups is 1. The Kier molecular flexibility index (Phi) is 4.12. The number of rotatable bonds is 6. The molecule has 9 heteroatoms. The predicted octanol–water partition coefficient (Wildman–Crippen LogP) is 1.08. The Morgan fingerprint density at radius 1 is 1.52 bits per heavy atom. The largest absolute Gasteiger partial charge is 0.478 e. The number of nitrogens with one attached hydrogen (secondary N) is 1. The lowest BCUT2D eigenvalue weighted by molar-refractivity contribution is -0.384. The number of aromatic nitrogens is 3. The topological polar surface area (TPSA) is 123 Å². The monoisotopic (exact) mass is 291 g/mol. The van der Waals surface area contributed by atoms with Gasteiger partial charge in [0.15, 0.2) is 5.82 Å². The number of hydrogen-bond donors (Lipinski definition) is 2. The molecule has 21 heavy (non-hydrogen) atoms. The maximum atomic E-state index is 11.1. The summed E-state index contributed by atoms with van der Waals surface area (Å²) in [4.78, 5) is 25.3. The van der Waals surface area contributed by atoms with E-state index in [-0.39, 0.29) is 16.9 Å². The van der Waals surface area contributed by atoms with Crippen molar-refractivity contribution in [2.75, 3.05) is 11.9 Å². The molecule has 0 aliphatic heterocycles. The molecule has 0 amide bonds. The molecule has 0 bridgehead atoms. The number of nitro benzene ring substituents is 1. The van der Waals surface area contributed by atoms with Crippen molar-refractivity contribution >= 4 is 17.3 Å². The molecule has 2 rings (SSSR count). The molecule has 0 unspecified atom stereocenters. The van der Waals surface area contributed by atoms with Crippen molar-refractivity contribution in [2.45, 2.75) is 6.42 Å². The number of aryl methyl sites for hydroxylation is 1. The lowest BCUT2D eigenvalue weighted by atomic mass is 10.1. The first kappa shape index (κ1) is 14.4. The van der Waals surface area contributed by atoms with Crippen LogP contribution in [0, 0.1) is 10.1 Å². The second-order valence-electron chi connectivity index (χ2n) is 4.30. The van der Waals surface area contributed by atoms with Crippen LogP contribution in [0.15, 0.2) is 24.5 Å². The summed E-state index contributed by atoms with van der Waals surface area (Å²) in [5.41, 5.74) is 0.0145. The van der Waals surface area contributed by atoms with Gasteiger partial charge < -0.3 is 10.4 Å². The third-order valence-corrected chi connectivity index (χ3v) is 2.76. The van der Waals surface area contributed by atoms with E-state index in [1.165, 1.54) is 12.1 Å². The first-order chi connectivity index (χ1) is 9.97. The number of carboxylic acid groups (broad SMARTS) is 1. The molecule has 1 aromatic heterocycles. The zero-order valence-corrected chi connectivity index (χ0v) is 11.2. The molecule has 0 saturated heterocycles. The summed E-state index contributed by atoms with van der Waals surface area (Å²) < 4.78 is 1.56. The summed E-state index contributed by atoms with van der Waals surface area (Å²) in [6, 6.07) is 3.58. The summed E-state index contributed by atoms with van der Waals surface area (Å²) in [6.45, 7) is 0.367. The second kappa shape index (κ2) is 5.99. The molecule has 0 aliphatic rings. The maximum Gasteiger partial charge on any atom is 0.337 e. The Bertz CT molecular complexity index is 682. The number of benzene rings is 1. The number of nitrogens with zero attached hydrogens (tertiary/aromatic N) is 4. The standard InChI is InChI=1S/C12H13N5O4/c1-16-7-14-11(15-16)4-5-13-10-6-8(17(20)21)2-3-9(10)12(18)19/h2-3,6-7,13H,4-5H2,1H3,(H,18,19). The van der Waals surface area contributed by atoms with Crippen LogP contribution in [-0.4, -0.2) is 37.3 Å². The number of hydrogen-bond acceptors (Lipinski definition) is 6. The van der Waals surface area contributed by atoms with Gasteiger partial charge in [0.05, 0.1) is 16.2 Å². The highest BCUT2D eigenvalue weighted by atomic mass is 16.6. The van der Waals surface area contributed by atoms with E-state index in [0.717, 1.165) is 6.07 Å². The van der Waals surface area contributed by atoms with Gasteiger partial charge in [-0.1, -0.05) is 0 Å². The number of anilines is 1. The van der Waals surface area contributed by atoms with Crippen LogP contribution in [0.2, 0.25) is 0 Å². The summed E-state index contributed by atoms with van der Waals surface area (Å²) in [5.74, 6) is -0.546. The normalized spacial score (nSPS) is 10.3. The lowest BCUT2D eigenvalue weighted by Crippen LogP contribution is -2.10. The van der Waals surface area contributed by atoms with E-state index in [1.54, 1.807) is 18.1 Å². The van der Waals surface area contributed by atoms with Gasteiger partial charge in [-0.3, -0.25) is 14.8 Å². The zero-order valence-electron chi connectivity index (χ0n) is 11.2. The van der Waals surface area contributed by atoms with E-state index in [9.17, 15) is 14.9 Å². The Hall–Kier alpha value is -2.97. The zero-order chi connectivity index (χ0) is 15.4. The van der Waals surface area contributed by atoms with Gasteiger partial charge in [0.1, 0.15) is 6.33 Å². The van der Waals surface area contributed by atoms with Crippen molar-refractivity contribution in [1.82, 2.24) is 14.8 Å². The fraction of sp³-hybridized carbons (Fsp3) is 0.250. The van der Waals surface area contributed by atoms with Gasteiger partial charge in [-0.15, -0.1) is 0 Å². The number of non-ortho nitro benzene ring substituents is 1. The van der Waals surface area contributed by atoms with E-state index in [2.05, 4.69) is 15.4 Å². The number of aromatic carboxylic acids is 1. The van der Waals surface area contributed by atoms with Gasteiger partial charge in [0.2, 0.25) is 0 Å². The van der Waals surface area contributed by atoms with Crippen LogP contribution in [0.1, 0.15) is 16.2 Å². The number of carbonyl (C=O) groups is 1. The highest BCUT2D eigenvalue weighted by molar-refractivity contribution is 5.94. The van der Waals surface area contributed by atoms with Crippen molar-refractivity contribution in [3.63, 3.8) is 0 Å². The van der Waals surface area contributed by atoms with E-state index in [1.807, 2.05) is 0 Å². The Morgan fingerprint density at radius 2 is 2.29 bits per heavy atom. The van der Waals surface area contributed by atoms with Crippen LogP contribution in [-0.2, 0) is 13.5 Å². The van der Waals surface area contributed by atoms with Gasteiger partial charge in [0, 0.05) is 32.1 Å². The van der Waals surface area contributed by atoms with Crippen LogP contribution in [0.5, 0.6) is 0 Å².